The molecule has 1 unspecified atom stereocenters. The van der Waals surface area contributed by atoms with Crippen LogP contribution in [0.3, 0.4) is 0 Å². The van der Waals surface area contributed by atoms with Crippen molar-refractivity contribution in [2.75, 3.05) is 13.1 Å². The van der Waals surface area contributed by atoms with Crippen LogP contribution in [0.15, 0.2) is 60.7 Å². The van der Waals surface area contributed by atoms with Gasteiger partial charge in [0.2, 0.25) is 17.6 Å². The molecule has 10 nitrogen and oxygen atoms in total. The van der Waals surface area contributed by atoms with Gasteiger partial charge in [-0.1, -0.05) is 48.5 Å². The van der Waals surface area contributed by atoms with Gasteiger partial charge in [0.25, 0.3) is 11.8 Å². The van der Waals surface area contributed by atoms with E-state index in [0.29, 0.717) is 18.7 Å². The SMILES string of the molecule is Cn1c(C(=O)NCC(=O)N[C@@H](CC2CCCNC2=O)C(=O)C(=O)NCc2ccccc2)cc2ccccc21. The number of nitrogens with zero attached hydrogens (tertiary/aromatic N) is 1. The van der Waals surface area contributed by atoms with Crippen LogP contribution in [0.5, 0.6) is 0 Å². The van der Waals surface area contributed by atoms with Gasteiger partial charge >= 0.3 is 0 Å². The Balaban J connectivity index is 1.39. The van der Waals surface area contributed by atoms with Gasteiger partial charge in [0.15, 0.2) is 0 Å². The number of amides is 4. The second-order valence-electron chi connectivity index (χ2n) is 9.35. The van der Waals surface area contributed by atoms with Gasteiger partial charge in [-0.3, -0.25) is 24.0 Å². The first kappa shape index (κ1) is 26.6. The van der Waals surface area contributed by atoms with E-state index in [1.54, 1.807) is 17.7 Å². The molecule has 0 radical (unpaired) electrons. The molecule has 1 saturated heterocycles. The summed E-state index contributed by atoms with van der Waals surface area (Å²) in [5.74, 6) is -3.50. The molecule has 0 spiro atoms. The molecule has 1 fully saturated rings. The smallest absolute Gasteiger partial charge is 0.289 e. The number of carbonyl (C=O) groups is 5. The van der Waals surface area contributed by atoms with Gasteiger partial charge in [0.05, 0.1) is 12.6 Å². The topological polar surface area (TPSA) is 138 Å². The van der Waals surface area contributed by atoms with Crippen molar-refractivity contribution in [2.45, 2.75) is 31.8 Å². The molecular weight excluding hydrogens is 486 g/mol. The normalized spacial score (nSPS) is 15.8. The average Bonchev–Trinajstić information content (AvgIpc) is 3.27. The van der Waals surface area contributed by atoms with E-state index in [0.717, 1.165) is 22.9 Å². The molecule has 4 rings (SSSR count). The second-order valence-corrected chi connectivity index (χ2v) is 9.35. The standard InChI is InChI=1S/C28H31N5O5/c1-33-22-12-6-5-10-19(22)15-23(33)27(37)31-17-24(34)32-21(14-20-11-7-13-29-26(20)36)25(35)28(38)30-16-18-8-3-2-4-9-18/h2-6,8-10,12,15,20-21H,7,11,13-14,16-17H2,1H3,(H,29,36)(H,30,38)(H,31,37)(H,32,34)/t20?,21-/m0/s1. The summed E-state index contributed by atoms with van der Waals surface area (Å²) in [4.78, 5) is 63.5. The third-order valence-electron chi connectivity index (χ3n) is 6.68. The highest BCUT2D eigenvalue weighted by Crippen LogP contribution is 2.19. The number of para-hydroxylation sites is 1. The lowest BCUT2D eigenvalue weighted by Gasteiger charge is -2.26. The minimum Gasteiger partial charge on any atom is -0.356 e. The number of fused-ring (bicyclic) bond motifs is 1. The summed E-state index contributed by atoms with van der Waals surface area (Å²) in [7, 11) is 1.76. The van der Waals surface area contributed by atoms with Crippen LogP contribution in [0.4, 0.5) is 0 Å². The van der Waals surface area contributed by atoms with E-state index < -0.39 is 42.0 Å². The molecule has 38 heavy (non-hydrogen) atoms. The van der Waals surface area contributed by atoms with Crippen LogP contribution in [0.25, 0.3) is 10.9 Å². The number of Topliss-reactive ketones (excluding diaryl/α,β-unsaturated/α-hetero) is 1. The van der Waals surface area contributed by atoms with Crippen molar-refractivity contribution < 1.29 is 24.0 Å². The van der Waals surface area contributed by atoms with E-state index in [2.05, 4.69) is 21.3 Å². The van der Waals surface area contributed by atoms with Gasteiger partial charge in [-0.25, -0.2) is 0 Å². The predicted molar refractivity (Wildman–Crippen MR) is 141 cm³/mol. The van der Waals surface area contributed by atoms with Crippen LogP contribution in [0, 0.1) is 5.92 Å². The number of hydrogen-bond donors (Lipinski definition) is 4. The number of carbonyl (C=O) groups excluding carboxylic acids is 5. The minimum atomic E-state index is -1.21. The highest BCUT2D eigenvalue weighted by atomic mass is 16.2. The summed E-state index contributed by atoms with van der Waals surface area (Å²) in [6, 6.07) is 17.2. The Morgan fingerprint density at radius 1 is 1.03 bits per heavy atom. The number of nitrogens with one attached hydrogen (secondary N) is 4. The summed E-state index contributed by atoms with van der Waals surface area (Å²) in [5, 5.41) is 11.4. The van der Waals surface area contributed by atoms with E-state index >= 15 is 0 Å². The molecule has 0 saturated carbocycles. The predicted octanol–water partition coefficient (Wildman–Crippen LogP) is 1.19. The largest absolute Gasteiger partial charge is 0.356 e. The van der Waals surface area contributed by atoms with Gasteiger partial charge in [0.1, 0.15) is 5.69 Å². The first-order valence-electron chi connectivity index (χ1n) is 12.6. The number of aryl methyl sites for hydroxylation is 1. The Labute approximate surface area is 220 Å². The molecule has 3 aromatic rings. The molecule has 4 amide bonds. The zero-order valence-electron chi connectivity index (χ0n) is 21.2. The monoisotopic (exact) mass is 517 g/mol. The van der Waals surface area contributed by atoms with Gasteiger partial charge in [-0.05, 0) is 37.0 Å². The van der Waals surface area contributed by atoms with Gasteiger partial charge in [-0.15, -0.1) is 0 Å². The molecule has 4 N–H and O–H groups in total. The molecule has 1 aliphatic rings. The van der Waals surface area contributed by atoms with Gasteiger partial charge in [-0.2, -0.15) is 0 Å². The van der Waals surface area contributed by atoms with Gasteiger partial charge in [0, 0.05) is 37.0 Å². The second kappa shape index (κ2) is 12.2. The Morgan fingerprint density at radius 3 is 2.50 bits per heavy atom. The average molecular weight is 518 g/mol. The fourth-order valence-corrected chi connectivity index (χ4v) is 4.60. The third-order valence-corrected chi connectivity index (χ3v) is 6.68. The van der Waals surface area contributed by atoms with Crippen molar-refractivity contribution in [2.24, 2.45) is 13.0 Å². The van der Waals surface area contributed by atoms with Crippen molar-refractivity contribution in [3.63, 3.8) is 0 Å². The van der Waals surface area contributed by atoms with Crippen LogP contribution in [-0.4, -0.2) is 53.1 Å². The molecule has 2 aromatic carbocycles. The summed E-state index contributed by atoms with van der Waals surface area (Å²) >= 11 is 0. The Hall–Kier alpha value is -4.47. The summed E-state index contributed by atoms with van der Waals surface area (Å²) in [6.07, 6.45) is 1.29. The van der Waals surface area contributed by atoms with Crippen molar-refractivity contribution >= 4 is 40.3 Å². The maximum Gasteiger partial charge on any atom is 0.289 e. The van der Waals surface area contributed by atoms with Crippen LogP contribution in [-0.2, 0) is 32.8 Å². The lowest BCUT2D eigenvalue weighted by Crippen LogP contribution is -2.52. The Morgan fingerprint density at radius 2 is 1.76 bits per heavy atom. The summed E-state index contributed by atoms with van der Waals surface area (Å²) < 4.78 is 1.73. The van der Waals surface area contributed by atoms with E-state index in [1.807, 2.05) is 54.6 Å². The van der Waals surface area contributed by atoms with Gasteiger partial charge < -0.3 is 25.8 Å². The first-order valence-corrected chi connectivity index (χ1v) is 12.6. The maximum absolute atomic E-state index is 13.0. The van der Waals surface area contributed by atoms with Crippen LogP contribution in [0.2, 0.25) is 0 Å². The molecule has 0 aliphatic carbocycles. The number of piperidine rings is 1. The highest BCUT2D eigenvalue weighted by molar-refractivity contribution is 6.38. The molecule has 0 bridgehead atoms. The van der Waals surface area contributed by atoms with Crippen molar-refractivity contribution in [3.05, 3.63) is 71.9 Å². The van der Waals surface area contributed by atoms with Crippen molar-refractivity contribution in [1.82, 2.24) is 25.8 Å². The van der Waals surface area contributed by atoms with Crippen molar-refractivity contribution in [1.29, 1.82) is 0 Å². The number of benzene rings is 2. The lowest BCUT2D eigenvalue weighted by atomic mass is 9.90. The number of aromatic nitrogens is 1. The number of hydrogen-bond acceptors (Lipinski definition) is 5. The Kier molecular flexibility index (Phi) is 8.52. The fraction of sp³-hybridized carbons (Fsp3) is 0.321. The van der Waals surface area contributed by atoms with E-state index in [-0.39, 0.29) is 18.9 Å². The Bertz CT molecular complexity index is 1350. The zero-order valence-corrected chi connectivity index (χ0v) is 21.2. The van der Waals surface area contributed by atoms with Crippen LogP contribution >= 0.6 is 0 Å². The number of rotatable bonds is 10. The molecule has 10 heteroatoms. The molecule has 2 heterocycles. The minimum absolute atomic E-state index is 0.00763. The molecule has 198 valence electrons. The summed E-state index contributed by atoms with van der Waals surface area (Å²) in [5.41, 5.74) is 2.07. The molecule has 1 aromatic heterocycles. The van der Waals surface area contributed by atoms with E-state index in [9.17, 15) is 24.0 Å². The molecular formula is C28H31N5O5. The van der Waals surface area contributed by atoms with E-state index in [4.69, 9.17) is 0 Å². The highest BCUT2D eigenvalue weighted by Gasteiger charge is 2.33. The maximum atomic E-state index is 13.0. The molecule has 1 aliphatic heterocycles. The fourth-order valence-electron chi connectivity index (χ4n) is 4.60. The van der Waals surface area contributed by atoms with Crippen LogP contribution < -0.4 is 21.3 Å². The lowest BCUT2D eigenvalue weighted by molar-refractivity contribution is -0.141. The quantitative estimate of drug-likeness (QED) is 0.299. The van der Waals surface area contributed by atoms with Crippen molar-refractivity contribution in [3.8, 4) is 0 Å². The third kappa shape index (κ3) is 6.44. The summed E-state index contributed by atoms with van der Waals surface area (Å²) in [6.45, 7) is 0.307. The van der Waals surface area contributed by atoms with E-state index in [1.165, 1.54) is 0 Å². The van der Waals surface area contributed by atoms with Crippen LogP contribution in [0.1, 0.15) is 35.3 Å². The first-order chi connectivity index (χ1) is 18.3. The zero-order chi connectivity index (χ0) is 27.1. The number of ketones is 1. The molecule has 2 atom stereocenters.